The van der Waals surface area contributed by atoms with Gasteiger partial charge in [-0.15, -0.1) is 0 Å². The Bertz CT molecular complexity index is 1110. The van der Waals surface area contributed by atoms with Crippen molar-refractivity contribution in [3.05, 3.63) is 94.8 Å². The van der Waals surface area contributed by atoms with E-state index in [1.54, 1.807) is 6.07 Å². The van der Waals surface area contributed by atoms with Crippen LogP contribution in [-0.4, -0.2) is 8.42 Å². The van der Waals surface area contributed by atoms with Crippen LogP contribution in [0.4, 0.5) is 10.1 Å². The van der Waals surface area contributed by atoms with Gasteiger partial charge in [-0.25, -0.2) is 12.8 Å². The van der Waals surface area contributed by atoms with Crippen molar-refractivity contribution in [1.29, 1.82) is 5.26 Å². The predicted octanol–water partition coefficient (Wildman–Crippen LogP) is 4.94. The predicted molar refractivity (Wildman–Crippen MR) is 103 cm³/mol. The van der Waals surface area contributed by atoms with Crippen molar-refractivity contribution in [1.82, 2.24) is 0 Å². The van der Waals surface area contributed by atoms with Gasteiger partial charge in [0.05, 0.1) is 17.7 Å². The Morgan fingerprint density at radius 2 is 1.67 bits per heavy atom. The molecule has 0 saturated heterocycles. The smallest absolute Gasteiger partial charge is 0.264 e. The Balaban J connectivity index is 1.92. The van der Waals surface area contributed by atoms with E-state index in [2.05, 4.69) is 10.8 Å². The maximum Gasteiger partial charge on any atom is 0.264 e. The minimum Gasteiger partial charge on any atom is -0.279 e. The van der Waals surface area contributed by atoms with Crippen molar-refractivity contribution in [2.45, 2.75) is 10.8 Å². The summed E-state index contributed by atoms with van der Waals surface area (Å²) in [5.74, 6) is -1.43. The van der Waals surface area contributed by atoms with Crippen molar-refractivity contribution >= 4 is 27.3 Å². The molecule has 0 aliphatic carbocycles. The molecule has 0 aliphatic rings. The molecule has 27 heavy (non-hydrogen) atoms. The minimum atomic E-state index is -4.10. The molecule has 0 amide bonds. The topological polar surface area (TPSA) is 70.0 Å². The molecule has 0 aromatic heterocycles. The van der Waals surface area contributed by atoms with Crippen molar-refractivity contribution in [2.24, 2.45) is 0 Å². The molecule has 3 aromatic carbocycles. The average molecular weight is 401 g/mol. The number of nitrogens with zero attached hydrogens (tertiary/aromatic N) is 1. The molecule has 0 heterocycles. The van der Waals surface area contributed by atoms with Gasteiger partial charge in [-0.1, -0.05) is 60.1 Å². The molecule has 0 spiro atoms. The zero-order valence-corrected chi connectivity index (χ0v) is 15.5. The molecule has 3 aromatic rings. The highest BCUT2D eigenvalue weighted by Gasteiger charge is 2.21. The Morgan fingerprint density at radius 1 is 1.00 bits per heavy atom. The third-order valence-corrected chi connectivity index (χ3v) is 5.69. The molecule has 136 valence electrons. The van der Waals surface area contributed by atoms with Crippen molar-refractivity contribution in [3.8, 4) is 6.07 Å². The molecule has 0 radical (unpaired) electrons. The Morgan fingerprint density at radius 3 is 2.30 bits per heavy atom. The summed E-state index contributed by atoms with van der Waals surface area (Å²) in [7, 11) is -4.10. The lowest BCUT2D eigenvalue weighted by Gasteiger charge is -2.14. The number of halogens is 2. The van der Waals surface area contributed by atoms with Crippen LogP contribution in [-0.2, 0) is 10.0 Å². The van der Waals surface area contributed by atoms with Gasteiger partial charge in [-0.3, -0.25) is 4.72 Å². The molecular weight excluding hydrogens is 387 g/mol. The number of rotatable bonds is 5. The van der Waals surface area contributed by atoms with E-state index in [1.165, 1.54) is 30.3 Å². The molecule has 0 unspecified atom stereocenters. The number of hydrogen-bond donors (Lipinski definition) is 1. The van der Waals surface area contributed by atoms with Gasteiger partial charge in [0.2, 0.25) is 0 Å². The number of sulfonamides is 1. The maximum atomic E-state index is 13.8. The van der Waals surface area contributed by atoms with Gasteiger partial charge in [-0.05, 0) is 35.4 Å². The standard InChI is InChI=1S/C20H14ClFN2O2S/c21-18-12-15(24-27(25,26)20-9-5-4-8-19(20)22)10-11-16(18)17(13-23)14-6-2-1-3-7-14/h1-12,17,24H/t17-/m0/s1. The summed E-state index contributed by atoms with van der Waals surface area (Å²) < 4.78 is 40.9. The zero-order valence-electron chi connectivity index (χ0n) is 13.9. The van der Waals surface area contributed by atoms with E-state index in [4.69, 9.17) is 11.6 Å². The fourth-order valence-electron chi connectivity index (χ4n) is 2.67. The first kappa shape index (κ1) is 18.9. The number of benzene rings is 3. The second-order valence-electron chi connectivity index (χ2n) is 5.75. The summed E-state index contributed by atoms with van der Waals surface area (Å²) in [6, 6.07) is 20.9. The Labute approximate surface area is 161 Å². The zero-order chi connectivity index (χ0) is 19.4. The summed E-state index contributed by atoms with van der Waals surface area (Å²) in [4.78, 5) is -0.454. The largest absolute Gasteiger partial charge is 0.279 e. The summed E-state index contributed by atoms with van der Waals surface area (Å²) >= 11 is 6.30. The lowest BCUT2D eigenvalue weighted by molar-refractivity contribution is 0.570. The first-order valence-corrected chi connectivity index (χ1v) is 9.80. The molecule has 1 N–H and O–H groups in total. The fourth-order valence-corrected chi connectivity index (χ4v) is 4.09. The first-order chi connectivity index (χ1) is 12.9. The fraction of sp³-hybridized carbons (Fsp3) is 0.0500. The molecular formula is C20H14ClFN2O2S. The summed E-state index contributed by atoms with van der Waals surface area (Å²) in [6.07, 6.45) is 0. The Hall–Kier alpha value is -2.88. The van der Waals surface area contributed by atoms with Crippen LogP contribution in [0.1, 0.15) is 17.0 Å². The monoisotopic (exact) mass is 400 g/mol. The van der Waals surface area contributed by atoms with E-state index in [0.29, 0.717) is 5.56 Å². The highest BCUT2D eigenvalue weighted by molar-refractivity contribution is 7.92. The molecule has 3 rings (SSSR count). The molecule has 1 atom stereocenters. The highest BCUT2D eigenvalue weighted by Crippen LogP contribution is 2.32. The summed E-state index contributed by atoms with van der Waals surface area (Å²) in [6.45, 7) is 0. The van der Waals surface area contributed by atoms with Crippen LogP contribution in [0.3, 0.4) is 0 Å². The van der Waals surface area contributed by atoms with Crippen LogP contribution in [0.5, 0.6) is 0 Å². The SMILES string of the molecule is N#C[C@@H](c1ccccc1)c1ccc(NS(=O)(=O)c2ccccc2F)cc1Cl. The van der Waals surface area contributed by atoms with E-state index in [1.807, 2.05) is 30.3 Å². The number of nitrogens with one attached hydrogen (secondary N) is 1. The van der Waals surface area contributed by atoms with Crippen LogP contribution in [0.2, 0.25) is 5.02 Å². The van der Waals surface area contributed by atoms with Crippen LogP contribution >= 0.6 is 11.6 Å². The second kappa shape index (κ2) is 7.78. The van der Waals surface area contributed by atoms with Crippen LogP contribution in [0.25, 0.3) is 0 Å². The Kier molecular flexibility index (Phi) is 5.45. The molecule has 0 bridgehead atoms. The molecule has 0 saturated carbocycles. The third-order valence-electron chi connectivity index (χ3n) is 3.95. The van der Waals surface area contributed by atoms with E-state index in [9.17, 15) is 18.1 Å². The van der Waals surface area contributed by atoms with Crippen LogP contribution in [0.15, 0.2) is 77.7 Å². The minimum absolute atomic E-state index is 0.178. The maximum absolute atomic E-state index is 13.8. The van der Waals surface area contributed by atoms with Gasteiger partial charge >= 0.3 is 0 Å². The van der Waals surface area contributed by atoms with Gasteiger partial charge in [0.25, 0.3) is 10.0 Å². The van der Waals surface area contributed by atoms with E-state index in [0.717, 1.165) is 11.6 Å². The molecule has 4 nitrogen and oxygen atoms in total. The number of anilines is 1. The third kappa shape index (κ3) is 4.11. The molecule has 7 heteroatoms. The van der Waals surface area contributed by atoms with Gasteiger partial charge in [0.1, 0.15) is 10.7 Å². The van der Waals surface area contributed by atoms with Crippen LogP contribution < -0.4 is 4.72 Å². The summed E-state index contributed by atoms with van der Waals surface area (Å²) in [5.41, 5.74) is 1.51. The lowest BCUT2D eigenvalue weighted by Crippen LogP contribution is -2.14. The number of nitriles is 1. The lowest BCUT2D eigenvalue weighted by atomic mass is 9.92. The number of hydrogen-bond acceptors (Lipinski definition) is 3. The van der Waals surface area contributed by atoms with Gasteiger partial charge in [0, 0.05) is 5.02 Å². The van der Waals surface area contributed by atoms with Crippen molar-refractivity contribution in [3.63, 3.8) is 0 Å². The normalized spacial score (nSPS) is 12.2. The van der Waals surface area contributed by atoms with Crippen LogP contribution in [0, 0.1) is 17.1 Å². The molecule has 0 aliphatic heterocycles. The first-order valence-electron chi connectivity index (χ1n) is 7.94. The second-order valence-corrected chi connectivity index (χ2v) is 7.80. The van der Waals surface area contributed by atoms with E-state index in [-0.39, 0.29) is 10.7 Å². The molecule has 0 fully saturated rings. The van der Waals surface area contributed by atoms with Crippen molar-refractivity contribution in [2.75, 3.05) is 4.72 Å². The van der Waals surface area contributed by atoms with E-state index < -0.39 is 26.7 Å². The van der Waals surface area contributed by atoms with Gasteiger partial charge in [-0.2, -0.15) is 5.26 Å². The van der Waals surface area contributed by atoms with E-state index >= 15 is 0 Å². The van der Waals surface area contributed by atoms with Gasteiger partial charge in [0.15, 0.2) is 0 Å². The van der Waals surface area contributed by atoms with Crippen molar-refractivity contribution < 1.29 is 12.8 Å². The highest BCUT2D eigenvalue weighted by atomic mass is 35.5. The average Bonchev–Trinajstić information content (AvgIpc) is 2.65. The quantitative estimate of drug-likeness (QED) is 0.659. The van der Waals surface area contributed by atoms with Gasteiger partial charge < -0.3 is 0 Å². The summed E-state index contributed by atoms with van der Waals surface area (Å²) in [5, 5.41) is 9.77.